The minimum Gasteiger partial charge on any atom is -0.317 e. The monoisotopic (exact) mass is 320 g/mol. The lowest BCUT2D eigenvalue weighted by molar-refractivity contribution is 0.154. The van der Waals surface area contributed by atoms with Gasteiger partial charge in [0.15, 0.2) is 0 Å². The van der Waals surface area contributed by atoms with Gasteiger partial charge in [0.2, 0.25) is 0 Å². The summed E-state index contributed by atoms with van der Waals surface area (Å²) in [6.45, 7) is 6.33. The summed E-state index contributed by atoms with van der Waals surface area (Å²) in [4.78, 5) is 2.50. The normalized spacial score (nSPS) is 16.2. The molecular formula is C15H23Cl2FN2. The van der Waals surface area contributed by atoms with E-state index in [1.807, 2.05) is 6.07 Å². The van der Waals surface area contributed by atoms with Gasteiger partial charge in [-0.2, -0.15) is 0 Å². The number of piperidine rings is 1. The van der Waals surface area contributed by atoms with Crippen molar-refractivity contribution in [2.75, 3.05) is 19.6 Å². The van der Waals surface area contributed by atoms with E-state index in [9.17, 15) is 4.39 Å². The van der Waals surface area contributed by atoms with Crippen LogP contribution in [0.5, 0.6) is 0 Å². The zero-order valence-electron chi connectivity index (χ0n) is 11.9. The fourth-order valence-corrected chi connectivity index (χ4v) is 2.93. The van der Waals surface area contributed by atoms with Crippen LogP contribution in [-0.2, 0) is 6.54 Å². The topological polar surface area (TPSA) is 15.3 Å². The maximum atomic E-state index is 13.2. The maximum absolute atomic E-state index is 13.2. The number of rotatable bonds is 5. The third-order valence-corrected chi connectivity index (χ3v) is 4.00. The lowest BCUT2D eigenvalue weighted by atomic mass is 10.0. The molecule has 1 aliphatic heterocycles. The number of benzene rings is 1. The van der Waals surface area contributed by atoms with Gasteiger partial charge in [-0.25, -0.2) is 4.39 Å². The van der Waals surface area contributed by atoms with Gasteiger partial charge in [-0.1, -0.05) is 24.6 Å². The molecule has 0 radical (unpaired) electrons. The molecule has 1 aromatic carbocycles. The molecule has 0 aliphatic carbocycles. The number of nitrogens with one attached hydrogen (secondary N) is 1. The molecule has 0 amide bonds. The Balaban J connectivity index is 0.00000200. The van der Waals surface area contributed by atoms with Gasteiger partial charge in [0.05, 0.1) is 5.02 Å². The first-order valence-electron chi connectivity index (χ1n) is 7.09. The standard InChI is InChI=1S/C15H22ClFN2.ClH/c1-2-9-19(13-5-7-18-8-6-13)11-12-3-4-15(17)14(16)10-12;/h3-4,10,13,18H,2,5-9,11H2,1H3;1H. The summed E-state index contributed by atoms with van der Waals surface area (Å²) in [5.74, 6) is -0.339. The van der Waals surface area contributed by atoms with Crippen molar-refractivity contribution in [2.24, 2.45) is 0 Å². The molecule has 0 bridgehead atoms. The first kappa shape index (κ1) is 17.7. The average molecular weight is 321 g/mol. The van der Waals surface area contributed by atoms with Crippen LogP contribution in [0.3, 0.4) is 0 Å². The Morgan fingerprint density at radius 2 is 2.05 bits per heavy atom. The molecular weight excluding hydrogens is 298 g/mol. The predicted octanol–water partition coefficient (Wildman–Crippen LogP) is 3.86. The molecule has 0 spiro atoms. The Bertz CT molecular complexity index is 409. The van der Waals surface area contributed by atoms with E-state index in [1.165, 1.54) is 18.9 Å². The molecule has 1 heterocycles. The van der Waals surface area contributed by atoms with Gasteiger partial charge < -0.3 is 5.32 Å². The van der Waals surface area contributed by atoms with E-state index in [-0.39, 0.29) is 23.2 Å². The summed E-state index contributed by atoms with van der Waals surface area (Å²) >= 11 is 5.86. The second-order valence-corrected chi connectivity index (χ2v) is 5.61. The van der Waals surface area contributed by atoms with E-state index >= 15 is 0 Å². The SMILES string of the molecule is CCCN(Cc1ccc(F)c(Cl)c1)C1CCNCC1.Cl. The fraction of sp³-hybridized carbons (Fsp3) is 0.600. The molecule has 1 aliphatic rings. The van der Waals surface area contributed by atoms with E-state index in [4.69, 9.17) is 11.6 Å². The second-order valence-electron chi connectivity index (χ2n) is 5.20. The van der Waals surface area contributed by atoms with Gasteiger partial charge in [0.1, 0.15) is 5.82 Å². The largest absolute Gasteiger partial charge is 0.317 e. The van der Waals surface area contributed by atoms with Crippen LogP contribution in [0.25, 0.3) is 0 Å². The Hall–Kier alpha value is -0.350. The molecule has 0 atom stereocenters. The highest BCUT2D eigenvalue weighted by molar-refractivity contribution is 6.30. The Labute approximate surface area is 132 Å². The fourth-order valence-electron chi connectivity index (χ4n) is 2.72. The summed E-state index contributed by atoms with van der Waals surface area (Å²) in [6.07, 6.45) is 3.52. The Kier molecular flexibility index (Phi) is 7.82. The van der Waals surface area contributed by atoms with Gasteiger partial charge in [-0.15, -0.1) is 12.4 Å². The molecule has 1 saturated heterocycles. The van der Waals surface area contributed by atoms with Crippen LogP contribution in [-0.4, -0.2) is 30.6 Å². The molecule has 5 heteroatoms. The highest BCUT2D eigenvalue weighted by Gasteiger charge is 2.20. The van der Waals surface area contributed by atoms with Crippen molar-refractivity contribution in [3.05, 3.63) is 34.6 Å². The molecule has 1 N–H and O–H groups in total. The third-order valence-electron chi connectivity index (χ3n) is 3.71. The summed E-state index contributed by atoms with van der Waals surface area (Å²) in [6, 6.07) is 5.68. The van der Waals surface area contributed by atoms with Crippen LogP contribution >= 0.6 is 24.0 Å². The van der Waals surface area contributed by atoms with Gasteiger partial charge >= 0.3 is 0 Å². The van der Waals surface area contributed by atoms with E-state index < -0.39 is 0 Å². The van der Waals surface area contributed by atoms with Crippen molar-refractivity contribution in [1.29, 1.82) is 0 Å². The van der Waals surface area contributed by atoms with Crippen LogP contribution in [0.1, 0.15) is 31.7 Å². The Morgan fingerprint density at radius 3 is 2.65 bits per heavy atom. The minimum absolute atomic E-state index is 0. The molecule has 2 rings (SSSR count). The zero-order chi connectivity index (χ0) is 13.7. The second kappa shape index (κ2) is 8.83. The van der Waals surface area contributed by atoms with Crippen molar-refractivity contribution in [1.82, 2.24) is 10.2 Å². The highest BCUT2D eigenvalue weighted by Crippen LogP contribution is 2.20. The predicted molar refractivity (Wildman–Crippen MR) is 85.3 cm³/mol. The maximum Gasteiger partial charge on any atom is 0.141 e. The number of halogens is 3. The molecule has 2 nitrogen and oxygen atoms in total. The molecule has 0 unspecified atom stereocenters. The molecule has 20 heavy (non-hydrogen) atoms. The van der Waals surface area contributed by atoms with Gasteiger partial charge in [0.25, 0.3) is 0 Å². The summed E-state index contributed by atoms with van der Waals surface area (Å²) in [5.41, 5.74) is 1.10. The molecule has 1 aromatic rings. The number of hydrogen-bond acceptors (Lipinski definition) is 2. The van der Waals surface area contributed by atoms with Gasteiger partial charge in [0, 0.05) is 12.6 Å². The van der Waals surface area contributed by atoms with Crippen LogP contribution in [0.15, 0.2) is 18.2 Å². The lowest BCUT2D eigenvalue weighted by Gasteiger charge is -2.34. The first-order valence-corrected chi connectivity index (χ1v) is 7.47. The van der Waals surface area contributed by atoms with E-state index in [2.05, 4.69) is 17.1 Å². The zero-order valence-corrected chi connectivity index (χ0v) is 13.4. The van der Waals surface area contributed by atoms with Crippen LogP contribution in [0, 0.1) is 5.82 Å². The number of nitrogens with zero attached hydrogens (tertiary/aromatic N) is 1. The van der Waals surface area contributed by atoms with E-state index in [1.54, 1.807) is 6.07 Å². The highest BCUT2D eigenvalue weighted by atomic mass is 35.5. The van der Waals surface area contributed by atoms with Crippen molar-refractivity contribution >= 4 is 24.0 Å². The third kappa shape index (κ3) is 4.88. The van der Waals surface area contributed by atoms with Crippen LogP contribution < -0.4 is 5.32 Å². The molecule has 0 aromatic heterocycles. The average Bonchev–Trinajstić information content (AvgIpc) is 2.43. The quantitative estimate of drug-likeness (QED) is 0.886. The summed E-state index contributed by atoms with van der Waals surface area (Å²) < 4.78 is 13.2. The van der Waals surface area contributed by atoms with Gasteiger partial charge in [-0.05, 0) is 56.6 Å². The van der Waals surface area contributed by atoms with Gasteiger partial charge in [-0.3, -0.25) is 4.90 Å². The van der Waals surface area contributed by atoms with E-state index in [0.717, 1.165) is 38.2 Å². The summed E-state index contributed by atoms with van der Waals surface area (Å²) in [7, 11) is 0. The van der Waals surface area contributed by atoms with Crippen molar-refractivity contribution in [3.63, 3.8) is 0 Å². The van der Waals surface area contributed by atoms with Crippen molar-refractivity contribution < 1.29 is 4.39 Å². The smallest absolute Gasteiger partial charge is 0.141 e. The van der Waals surface area contributed by atoms with Crippen LogP contribution in [0.4, 0.5) is 4.39 Å². The molecule has 0 saturated carbocycles. The van der Waals surface area contributed by atoms with Crippen molar-refractivity contribution in [2.45, 2.75) is 38.8 Å². The lowest BCUT2D eigenvalue weighted by Crippen LogP contribution is -2.43. The van der Waals surface area contributed by atoms with E-state index in [0.29, 0.717) is 6.04 Å². The molecule has 114 valence electrons. The molecule has 1 fully saturated rings. The van der Waals surface area contributed by atoms with Crippen molar-refractivity contribution in [3.8, 4) is 0 Å². The first-order chi connectivity index (χ1) is 9.20. The number of hydrogen-bond donors (Lipinski definition) is 1. The van der Waals surface area contributed by atoms with Crippen LogP contribution in [0.2, 0.25) is 5.02 Å². The summed E-state index contributed by atoms with van der Waals surface area (Å²) in [5, 5.41) is 3.62. The minimum atomic E-state index is -0.339. The Morgan fingerprint density at radius 1 is 1.35 bits per heavy atom.